The molecular weight excluding hydrogens is 390 g/mol. The Balaban J connectivity index is 1.51. The second-order valence-corrected chi connectivity index (χ2v) is 9.74. The molecule has 1 aliphatic heterocycles. The lowest BCUT2D eigenvalue weighted by molar-refractivity contribution is -0.115. The van der Waals surface area contributed by atoms with Gasteiger partial charge in [-0.15, -0.1) is 10.2 Å². The largest absolute Gasteiger partial charge is 0.372 e. The molecule has 2 heterocycles. The predicted molar refractivity (Wildman–Crippen MR) is 120 cm³/mol. The summed E-state index contributed by atoms with van der Waals surface area (Å²) in [6.07, 6.45) is 4.86. The predicted octanol–water partition coefficient (Wildman–Crippen LogP) is 4.86. The van der Waals surface area contributed by atoms with Gasteiger partial charge < -0.3 is 15.5 Å². The third kappa shape index (κ3) is 5.85. The zero-order valence-corrected chi connectivity index (χ0v) is 18.4. The fraction of sp³-hybridized carbons (Fsp3) is 0.550. The third-order valence-electron chi connectivity index (χ3n) is 4.89. The molecule has 152 valence electrons. The zero-order valence-electron chi connectivity index (χ0n) is 16.8. The summed E-state index contributed by atoms with van der Waals surface area (Å²) in [6, 6.07) is 8.52. The number of hydrogen-bond donors (Lipinski definition) is 2. The number of carbonyl (C=O) groups excluding carboxylic acids is 1. The number of amides is 1. The first kappa shape index (κ1) is 20.9. The maximum absolute atomic E-state index is 12.5. The van der Waals surface area contributed by atoms with Gasteiger partial charge in [-0.25, -0.2) is 0 Å². The van der Waals surface area contributed by atoms with Gasteiger partial charge >= 0.3 is 0 Å². The highest BCUT2D eigenvalue weighted by atomic mass is 32.2. The molecule has 1 saturated heterocycles. The van der Waals surface area contributed by atoms with Gasteiger partial charge in [-0.1, -0.05) is 30.0 Å². The molecule has 0 aliphatic carbocycles. The average Bonchev–Trinajstić information content (AvgIpc) is 3.15. The van der Waals surface area contributed by atoms with Gasteiger partial charge in [0.05, 0.1) is 5.25 Å². The van der Waals surface area contributed by atoms with Crippen molar-refractivity contribution in [2.45, 2.75) is 62.1 Å². The molecule has 0 saturated carbocycles. The highest BCUT2D eigenvalue weighted by molar-refractivity contribution is 8.02. The molecule has 1 amide bonds. The standard InChI is InChI=1S/C20H29N5OS2/c1-4-14(2)21-19-23-24-20(28-19)27-15(3)18(26)22-16-8-10-17(11-9-16)25-12-6-5-7-13-25/h8-11,14-15H,4-7,12-13H2,1-3H3,(H,21,23)(H,22,26)/t14-,15+/m1/s1. The number of nitrogens with zero attached hydrogens (tertiary/aromatic N) is 3. The Bertz CT molecular complexity index is 758. The van der Waals surface area contributed by atoms with Crippen molar-refractivity contribution in [3.63, 3.8) is 0 Å². The molecule has 2 aromatic rings. The average molecular weight is 420 g/mol. The van der Waals surface area contributed by atoms with E-state index >= 15 is 0 Å². The molecule has 0 radical (unpaired) electrons. The number of hydrogen-bond acceptors (Lipinski definition) is 7. The Kier molecular flexibility index (Phi) is 7.56. The normalized spacial score (nSPS) is 16.5. The van der Waals surface area contributed by atoms with E-state index in [-0.39, 0.29) is 11.2 Å². The summed E-state index contributed by atoms with van der Waals surface area (Å²) >= 11 is 2.93. The first-order chi connectivity index (χ1) is 13.5. The topological polar surface area (TPSA) is 70.1 Å². The van der Waals surface area contributed by atoms with Crippen molar-refractivity contribution in [3.05, 3.63) is 24.3 Å². The van der Waals surface area contributed by atoms with Gasteiger partial charge in [-0.05, 0) is 63.8 Å². The van der Waals surface area contributed by atoms with Crippen molar-refractivity contribution in [2.75, 3.05) is 28.6 Å². The minimum Gasteiger partial charge on any atom is -0.372 e. The van der Waals surface area contributed by atoms with Crippen LogP contribution in [0.4, 0.5) is 16.5 Å². The van der Waals surface area contributed by atoms with Crippen molar-refractivity contribution in [1.29, 1.82) is 0 Å². The maximum Gasteiger partial charge on any atom is 0.237 e. The molecule has 2 atom stereocenters. The van der Waals surface area contributed by atoms with Crippen molar-refractivity contribution in [3.8, 4) is 0 Å². The van der Waals surface area contributed by atoms with Crippen LogP contribution in [0.2, 0.25) is 0 Å². The molecule has 0 spiro atoms. The van der Waals surface area contributed by atoms with Gasteiger partial charge in [0.1, 0.15) is 0 Å². The van der Waals surface area contributed by atoms with Crippen LogP contribution in [0, 0.1) is 0 Å². The molecule has 1 aromatic carbocycles. The summed E-state index contributed by atoms with van der Waals surface area (Å²) in [7, 11) is 0. The van der Waals surface area contributed by atoms with Gasteiger partial charge in [0.15, 0.2) is 4.34 Å². The summed E-state index contributed by atoms with van der Waals surface area (Å²) < 4.78 is 0.800. The number of piperidine rings is 1. The van der Waals surface area contributed by atoms with E-state index in [0.717, 1.165) is 34.7 Å². The molecule has 2 N–H and O–H groups in total. The molecule has 1 aromatic heterocycles. The molecule has 1 aliphatic rings. The Labute approximate surface area is 175 Å². The summed E-state index contributed by atoms with van der Waals surface area (Å²) in [5, 5.41) is 15.2. The lowest BCUT2D eigenvalue weighted by Crippen LogP contribution is -2.29. The SMILES string of the molecule is CC[C@@H](C)Nc1nnc(S[C@@H](C)C(=O)Nc2ccc(N3CCCCC3)cc2)s1. The summed E-state index contributed by atoms with van der Waals surface area (Å²) in [4.78, 5) is 14.9. The summed E-state index contributed by atoms with van der Waals surface area (Å²) in [6.45, 7) is 8.37. The van der Waals surface area contributed by atoms with E-state index in [1.807, 2.05) is 19.1 Å². The van der Waals surface area contributed by atoms with Crippen molar-refractivity contribution >= 4 is 45.5 Å². The minimum absolute atomic E-state index is 0.0256. The second kappa shape index (κ2) is 10.1. The summed E-state index contributed by atoms with van der Waals surface area (Å²) in [5.41, 5.74) is 2.06. The van der Waals surface area contributed by atoms with Gasteiger partial charge in [0.2, 0.25) is 11.0 Å². The highest BCUT2D eigenvalue weighted by Crippen LogP contribution is 2.30. The smallest absolute Gasteiger partial charge is 0.237 e. The molecule has 28 heavy (non-hydrogen) atoms. The Morgan fingerprint density at radius 3 is 2.57 bits per heavy atom. The zero-order chi connectivity index (χ0) is 19.9. The monoisotopic (exact) mass is 419 g/mol. The van der Waals surface area contributed by atoms with E-state index in [2.05, 4.69) is 51.7 Å². The van der Waals surface area contributed by atoms with Gasteiger partial charge in [-0.3, -0.25) is 4.79 Å². The quantitative estimate of drug-likeness (QED) is 0.596. The van der Waals surface area contributed by atoms with E-state index in [0.29, 0.717) is 6.04 Å². The molecule has 0 bridgehead atoms. The van der Waals surface area contributed by atoms with Crippen LogP contribution in [0.15, 0.2) is 28.6 Å². The van der Waals surface area contributed by atoms with Crippen LogP contribution >= 0.6 is 23.1 Å². The first-order valence-electron chi connectivity index (χ1n) is 9.97. The second-order valence-electron chi connectivity index (χ2n) is 7.17. The number of carbonyl (C=O) groups is 1. The molecule has 3 rings (SSSR count). The van der Waals surface area contributed by atoms with Gasteiger partial charge in [0, 0.05) is 30.5 Å². The van der Waals surface area contributed by atoms with Crippen LogP contribution in [0.1, 0.15) is 46.5 Å². The fourth-order valence-corrected chi connectivity index (χ4v) is 4.99. The van der Waals surface area contributed by atoms with Crippen molar-refractivity contribution in [2.24, 2.45) is 0 Å². The van der Waals surface area contributed by atoms with Crippen LogP contribution in [0.5, 0.6) is 0 Å². The van der Waals surface area contributed by atoms with Crippen LogP contribution < -0.4 is 15.5 Å². The third-order valence-corrected chi connectivity index (χ3v) is 6.93. The maximum atomic E-state index is 12.5. The number of thioether (sulfide) groups is 1. The number of rotatable bonds is 8. The Morgan fingerprint density at radius 1 is 1.18 bits per heavy atom. The molecule has 8 heteroatoms. The molecule has 0 unspecified atom stereocenters. The number of nitrogens with one attached hydrogen (secondary N) is 2. The van der Waals surface area contributed by atoms with Crippen LogP contribution in [0.25, 0.3) is 0 Å². The Hall–Kier alpha value is -1.80. The lowest BCUT2D eigenvalue weighted by atomic mass is 10.1. The number of aromatic nitrogens is 2. The number of benzene rings is 1. The number of anilines is 3. The first-order valence-corrected chi connectivity index (χ1v) is 11.7. The van der Waals surface area contributed by atoms with E-state index in [9.17, 15) is 4.79 Å². The Morgan fingerprint density at radius 2 is 1.89 bits per heavy atom. The van der Waals surface area contributed by atoms with Gasteiger partial charge in [0.25, 0.3) is 0 Å². The summed E-state index contributed by atoms with van der Waals surface area (Å²) in [5.74, 6) is -0.0256. The van der Waals surface area contributed by atoms with E-state index in [1.165, 1.54) is 48.0 Å². The molecule has 1 fully saturated rings. The molecule has 6 nitrogen and oxygen atoms in total. The van der Waals surface area contributed by atoms with E-state index < -0.39 is 0 Å². The fourth-order valence-electron chi connectivity index (χ4n) is 2.98. The van der Waals surface area contributed by atoms with Crippen LogP contribution in [0.3, 0.4) is 0 Å². The van der Waals surface area contributed by atoms with E-state index in [1.54, 1.807) is 0 Å². The van der Waals surface area contributed by atoms with Crippen LogP contribution in [-0.2, 0) is 4.79 Å². The molecular formula is C20H29N5OS2. The van der Waals surface area contributed by atoms with E-state index in [4.69, 9.17) is 0 Å². The van der Waals surface area contributed by atoms with Crippen molar-refractivity contribution < 1.29 is 4.79 Å². The minimum atomic E-state index is -0.244. The van der Waals surface area contributed by atoms with Crippen LogP contribution in [-0.4, -0.2) is 40.5 Å². The van der Waals surface area contributed by atoms with Crippen molar-refractivity contribution in [1.82, 2.24) is 10.2 Å². The lowest BCUT2D eigenvalue weighted by Gasteiger charge is -2.28. The highest BCUT2D eigenvalue weighted by Gasteiger charge is 2.18. The van der Waals surface area contributed by atoms with Gasteiger partial charge in [-0.2, -0.15) is 0 Å².